The molecule has 0 bridgehead atoms. The van der Waals surface area contributed by atoms with Crippen LogP contribution in [0.25, 0.3) is 0 Å². The van der Waals surface area contributed by atoms with Gasteiger partial charge in [0.1, 0.15) is 12.7 Å². The van der Waals surface area contributed by atoms with Crippen LogP contribution in [0.2, 0.25) is 0 Å². The van der Waals surface area contributed by atoms with E-state index in [2.05, 4.69) is 10.1 Å². The molecule has 0 spiro atoms. The minimum atomic E-state index is 0.501. The van der Waals surface area contributed by atoms with E-state index in [4.69, 9.17) is 5.73 Å². The molecule has 2 N–H and O–H groups in total. The van der Waals surface area contributed by atoms with Crippen molar-refractivity contribution in [1.29, 1.82) is 0 Å². The number of nitrogens with two attached hydrogens (primary N) is 1. The zero-order valence-electron chi connectivity index (χ0n) is 7.82. The molecule has 0 radical (unpaired) electrons. The lowest BCUT2D eigenvalue weighted by Gasteiger charge is -2.10. The van der Waals surface area contributed by atoms with E-state index in [0.29, 0.717) is 5.41 Å². The summed E-state index contributed by atoms with van der Waals surface area (Å²) in [4.78, 5) is 3.90. The molecule has 1 aliphatic carbocycles. The molecule has 0 saturated heterocycles. The zero-order chi connectivity index (χ0) is 9.15. The zero-order valence-corrected chi connectivity index (χ0v) is 7.82. The Labute approximate surface area is 78.1 Å². The lowest BCUT2D eigenvalue weighted by atomic mass is 10.0. The third-order valence-corrected chi connectivity index (χ3v) is 2.95. The SMILES string of the molecule is NCC1(CCCn2cncn2)CC1. The van der Waals surface area contributed by atoms with Crippen molar-refractivity contribution in [2.75, 3.05) is 6.54 Å². The molecule has 0 aromatic carbocycles. The topological polar surface area (TPSA) is 56.7 Å². The van der Waals surface area contributed by atoms with Gasteiger partial charge in [-0.2, -0.15) is 5.10 Å². The standard InChI is InChI=1S/C9H16N4/c10-6-9(3-4-9)2-1-5-13-8-11-7-12-13/h7-8H,1-6,10H2. The Balaban J connectivity index is 1.70. The highest BCUT2D eigenvalue weighted by Crippen LogP contribution is 2.48. The minimum absolute atomic E-state index is 0.501. The minimum Gasteiger partial charge on any atom is -0.330 e. The van der Waals surface area contributed by atoms with Crippen LogP contribution in [0.4, 0.5) is 0 Å². The molecular weight excluding hydrogens is 164 g/mol. The summed E-state index contributed by atoms with van der Waals surface area (Å²) in [6, 6.07) is 0. The fraction of sp³-hybridized carbons (Fsp3) is 0.778. The third-order valence-electron chi connectivity index (χ3n) is 2.95. The van der Waals surface area contributed by atoms with E-state index in [1.54, 1.807) is 12.7 Å². The van der Waals surface area contributed by atoms with Crippen LogP contribution in [0.1, 0.15) is 25.7 Å². The van der Waals surface area contributed by atoms with Gasteiger partial charge in [-0.1, -0.05) is 0 Å². The van der Waals surface area contributed by atoms with Crippen molar-refractivity contribution >= 4 is 0 Å². The monoisotopic (exact) mass is 180 g/mol. The third kappa shape index (κ3) is 2.06. The fourth-order valence-corrected chi connectivity index (χ4v) is 1.70. The summed E-state index contributed by atoms with van der Waals surface area (Å²) in [6.45, 7) is 1.83. The molecule has 2 rings (SSSR count). The van der Waals surface area contributed by atoms with Crippen molar-refractivity contribution in [2.24, 2.45) is 11.1 Å². The molecule has 1 saturated carbocycles. The summed E-state index contributed by atoms with van der Waals surface area (Å²) in [5, 5.41) is 4.06. The molecule has 0 atom stereocenters. The predicted molar refractivity (Wildman–Crippen MR) is 50.0 cm³/mol. The maximum atomic E-state index is 5.69. The van der Waals surface area contributed by atoms with Crippen LogP contribution in [-0.4, -0.2) is 21.3 Å². The second-order valence-corrected chi connectivity index (χ2v) is 3.97. The number of hydrogen-bond donors (Lipinski definition) is 1. The molecule has 0 amide bonds. The highest BCUT2D eigenvalue weighted by Gasteiger charge is 2.40. The van der Waals surface area contributed by atoms with Crippen LogP contribution in [0, 0.1) is 5.41 Å². The van der Waals surface area contributed by atoms with Crippen LogP contribution in [0.3, 0.4) is 0 Å². The smallest absolute Gasteiger partial charge is 0.137 e. The molecule has 1 fully saturated rings. The Morgan fingerprint density at radius 3 is 2.85 bits per heavy atom. The number of nitrogens with zero attached hydrogens (tertiary/aromatic N) is 3. The van der Waals surface area contributed by atoms with E-state index in [1.807, 2.05) is 4.68 Å². The first kappa shape index (κ1) is 8.69. The first-order valence-corrected chi connectivity index (χ1v) is 4.87. The van der Waals surface area contributed by atoms with Crippen molar-refractivity contribution in [3.8, 4) is 0 Å². The summed E-state index contributed by atoms with van der Waals surface area (Å²) in [5.74, 6) is 0. The van der Waals surface area contributed by atoms with Crippen LogP contribution in [-0.2, 0) is 6.54 Å². The fourth-order valence-electron chi connectivity index (χ4n) is 1.70. The van der Waals surface area contributed by atoms with Gasteiger partial charge in [-0.05, 0) is 37.6 Å². The molecular formula is C9H16N4. The summed E-state index contributed by atoms with van der Waals surface area (Å²) in [7, 11) is 0. The lowest BCUT2D eigenvalue weighted by molar-refractivity contribution is 0.427. The quantitative estimate of drug-likeness (QED) is 0.729. The van der Waals surface area contributed by atoms with Gasteiger partial charge >= 0.3 is 0 Å². The Kier molecular flexibility index (Phi) is 2.31. The number of aryl methyl sites for hydroxylation is 1. The van der Waals surface area contributed by atoms with Gasteiger partial charge < -0.3 is 5.73 Å². The number of rotatable bonds is 5. The van der Waals surface area contributed by atoms with Gasteiger partial charge in [0.15, 0.2) is 0 Å². The Morgan fingerprint density at radius 2 is 2.31 bits per heavy atom. The largest absolute Gasteiger partial charge is 0.330 e. The van der Waals surface area contributed by atoms with Gasteiger partial charge in [-0.3, -0.25) is 4.68 Å². The average molecular weight is 180 g/mol. The van der Waals surface area contributed by atoms with Crippen LogP contribution >= 0.6 is 0 Å². The van der Waals surface area contributed by atoms with E-state index < -0.39 is 0 Å². The maximum absolute atomic E-state index is 5.69. The second-order valence-electron chi connectivity index (χ2n) is 3.97. The first-order valence-electron chi connectivity index (χ1n) is 4.87. The summed E-state index contributed by atoms with van der Waals surface area (Å²) in [5.41, 5.74) is 6.19. The molecule has 1 heterocycles. The van der Waals surface area contributed by atoms with Gasteiger partial charge in [-0.25, -0.2) is 4.98 Å². The Morgan fingerprint density at radius 1 is 1.46 bits per heavy atom. The lowest BCUT2D eigenvalue weighted by Crippen LogP contribution is -2.16. The Bertz CT molecular complexity index is 251. The molecule has 1 aromatic heterocycles. The van der Waals surface area contributed by atoms with Crippen LogP contribution in [0.15, 0.2) is 12.7 Å². The predicted octanol–water partition coefficient (Wildman–Crippen LogP) is 0.797. The molecule has 13 heavy (non-hydrogen) atoms. The Hall–Kier alpha value is -0.900. The average Bonchev–Trinajstić information content (AvgIpc) is 2.74. The van der Waals surface area contributed by atoms with E-state index in [0.717, 1.165) is 13.1 Å². The van der Waals surface area contributed by atoms with E-state index in [-0.39, 0.29) is 0 Å². The second kappa shape index (κ2) is 3.46. The van der Waals surface area contributed by atoms with Crippen molar-refractivity contribution in [1.82, 2.24) is 14.8 Å². The van der Waals surface area contributed by atoms with Crippen molar-refractivity contribution in [3.63, 3.8) is 0 Å². The van der Waals surface area contributed by atoms with Gasteiger partial charge in [0.2, 0.25) is 0 Å². The van der Waals surface area contributed by atoms with Crippen LogP contribution < -0.4 is 5.73 Å². The van der Waals surface area contributed by atoms with Crippen molar-refractivity contribution < 1.29 is 0 Å². The summed E-state index contributed by atoms with van der Waals surface area (Å²) < 4.78 is 1.88. The van der Waals surface area contributed by atoms with Gasteiger partial charge in [0.25, 0.3) is 0 Å². The molecule has 1 aromatic rings. The van der Waals surface area contributed by atoms with Crippen LogP contribution in [0.5, 0.6) is 0 Å². The molecule has 0 unspecified atom stereocenters. The molecule has 4 heteroatoms. The molecule has 72 valence electrons. The first-order chi connectivity index (χ1) is 6.35. The highest BCUT2D eigenvalue weighted by molar-refractivity contribution is 4.93. The normalized spacial score (nSPS) is 18.8. The highest BCUT2D eigenvalue weighted by atomic mass is 15.3. The van der Waals surface area contributed by atoms with Gasteiger partial charge in [-0.15, -0.1) is 0 Å². The number of hydrogen-bond acceptors (Lipinski definition) is 3. The van der Waals surface area contributed by atoms with Gasteiger partial charge in [0, 0.05) is 6.54 Å². The molecule has 1 aliphatic rings. The van der Waals surface area contributed by atoms with E-state index >= 15 is 0 Å². The molecule has 4 nitrogen and oxygen atoms in total. The number of aromatic nitrogens is 3. The van der Waals surface area contributed by atoms with Crippen molar-refractivity contribution in [2.45, 2.75) is 32.2 Å². The summed E-state index contributed by atoms with van der Waals surface area (Å²) >= 11 is 0. The van der Waals surface area contributed by atoms with Crippen molar-refractivity contribution in [3.05, 3.63) is 12.7 Å². The maximum Gasteiger partial charge on any atom is 0.137 e. The van der Waals surface area contributed by atoms with E-state index in [1.165, 1.54) is 25.7 Å². The molecule has 0 aliphatic heterocycles. The summed E-state index contributed by atoms with van der Waals surface area (Å²) in [6.07, 6.45) is 8.39. The van der Waals surface area contributed by atoms with Gasteiger partial charge in [0.05, 0.1) is 0 Å². The van der Waals surface area contributed by atoms with E-state index in [9.17, 15) is 0 Å².